The number of amides is 1. The van der Waals surface area contributed by atoms with Crippen LogP contribution in [0.5, 0.6) is 0 Å². The Labute approximate surface area is 69.0 Å². The number of hydrogen-bond donors (Lipinski definition) is 3. The van der Waals surface area contributed by atoms with Crippen LogP contribution < -0.4 is 11.7 Å². The first-order chi connectivity index (χ1) is 5.66. The van der Waals surface area contributed by atoms with Crippen molar-refractivity contribution in [2.24, 2.45) is 22.0 Å². The lowest BCUT2D eigenvalue weighted by Gasteiger charge is -2.30. The topological polar surface area (TPSA) is 117 Å². The van der Waals surface area contributed by atoms with Gasteiger partial charge in [0, 0.05) is 0 Å². The van der Waals surface area contributed by atoms with Crippen molar-refractivity contribution in [1.82, 2.24) is 5.01 Å². The van der Waals surface area contributed by atoms with Crippen LogP contribution in [-0.2, 0) is 4.79 Å². The fraction of sp³-hybridized carbons (Fsp3) is 0.800. The number of nitrogens with two attached hydrogens (primary N) is 2. The van der Waals surface area contributed by atoms with Crippen molar-refractivity contribution in [3.63, 3.8) is 0 Å². The van der Waals surface area contributed by atoms with E-state index < -0.39 is 18.2 Å². The Hall–Kier alpha value is -1.21. The largest absolute Gasteiger partial charge is 0.372 e. The van der Waals surface area contributed by atoms with Crippen molar-refractivity contribution < 1.29 is 9.90 Å². The van der Waals surface area contributed by atoms with Crippen LogP contribution in [0.3, 0.4) is 0 Å². The van der Waals surface area contributed by atoms with Crippen molar-refractivity contribution in [3.05, 3.63) is 0 Å². The molecule has 1 amide bonds. The molecule has 2 atom stereocenters. The van der Waals surface area contributed by atoms with Crippen LogP contribution in [0.2, 0.25) is 0 Å². The minimum absolute atomic E-state index is 0.395. The van der Waals surface area contributed by atoms with Gasteiger partial charge in [-0.1, -0.05) is 5.22 Å². The van der Waals surface area contributed by atoms with Gasteiger partial charge >= 0.3 is 0 Å². The maximum Gasteiger partial charge on any atom is 0.265 e. The van der Waals surface area contributed by atoms with E-state index in [2.05, 4.69) is 10.3 Å². The van der Waals surface area contributed by atoms with Crippen molar-refractivity contribution in [3.8, 4) is 0 Å². The standard InChI is InChI=1S/C5H11N5O2/c6-9-8-3-1-2-4(11)10(7)5(3)12/h3-4,11H,1-2,7H2,(H2,6,8). The van der Waals surface area contributed by atoms with E-state index in [0.29, 0.717) is 12.8 Å². The summed E-state index contributed by atoms with van der Waals surface area (Å²) in [6, 6.07) is -0.636. The summed E-state index contributed by atoms with van der Waals surface area (Å²) in [5.41, 5.74) is 0. The first-order valence-corrected chi connectivity index (χ1v) is 3.52. The van der Waals surface area contributed by atoms with E-state index in [9.17, 15) is 4.79 Å². The summed E-state index contributed by atoms with van der Waals surface area (Å²) in [7, 11) is 0. The van der Waals surface area contributed by atoms with Crippen molar-refractivity contribution >= 4 is 5.91 Å². The predicted molar refractivity (Wildman–Crippen MR) is 39.1 cm³/mol. The maximum atomic E-state index is 11.2. The van der Waals surface area contributed by atoms with E-state index in [1.165, 1.54) is 0 Å². The molecule has 0 radical (unpaired) electrons. The zero-order valence-electron chi connectivity index (χ0n) is 6.42. The third kappa shape index (κ3) is 1.51. The summed E-state index contributed by atoms with van der Waals surface area (Å²) >= 11 is 0. The zero-order valence-corrected chi connectivity index (χ0v) is 6.42. The molecular weight excluding hydrogens is 162 g/mol. The molecular formula is C5H11N5O2. The van der Waals surface area contributed by atoms with Crippen LogP contribution in [0.15, 0.2) is 10.3 Å². The summed E-state index contributed by atoms with van der Waals surface area (Å²) in [5.74, 6) is 9.56. The van der Waals surface area contributed by atoms with E-state index in [1.54, 1.807) is 0 Å². The average Bonchev–Trinajstić information content (AvgIpc) is 2.07. The van der Waals surface area contributed by atoms with E-state index in [-0.39, 0.29) is 0 Å². The second kappa shape index (κ2) is 3.46. The fourth-order valence-corrected chi connectivity index (χ4v) is 1.08. The van der Waals surface area contributed by atoms with Crippen LogP contribution in [0.1, 0.15) is 12.8 Å². The van der Waals surface area contributed by atoms with Gasteiger partial charge in [-0.05, 0) is 12.8 Å². The van der Waals surface area contributed by atoms with Crippen LogP contribution in [0.4, 0.5) is 0 Å². The quantitative estimate of drug-likeness (QED) is 0.193. The third-order valence-corrected chi connectivity index (χ3v) is 1.76. The highest BCUT2D eigenvalue weighted by molar-refractivity contribution is 5.82. The number of hydrazine groups is 1. The number of carbonyl (C=O) groups is 1. The minimum Gasteiger partial charge on any atom is -0.372 e. The van der Waals surface area contributed by atoms with Crippen molar-refractivity contribution in [2.45, 2.75) is 25.1 Å². The molecule has 0 saturated carbocycles. The molecule has 12 heavy (non-hydrogen) atoms. The van der Waals surface area contributed by atoms with E-state index in [4.69, 9.17) is 16.8 Å². The van der Waals surface area contributed by atoms with Gasteiger partial charge in [0.15, 0.2) is 6.04 Å². The molecule has 5 N–H and O–H groups in total. The van der Waals surface area contributed by atoms with Gasteiger partial charge in [0.05, 0.1) is 0 Å². The SMILES string of the molecule is NN=NC1CCC(O)N(N)C1=O. The molecule has 0 aromatic rings. The predicted octanol–water partition coefficient (Wildman–Crippen LogP) is -1.50. The van der Waals surface area contributed by atoms with Crippen LogP contribution >= 0.6 is 0 Å². The lowest BCUT2D eigenvalue weighted by Crippen LogP contribution is -2.53. The number of hydrogen-bond acceptors (Lipinski definition) is 5. The molecule has 7 nitrogen and oxygen atoms in total. The molecule has 2 unspecified atom stereocenters. The Morgan fingerprint density at radius 1 is 1.58 bits per heavy atom. The summed E-state index contributed by atoms with van der Waals surface area (Å²) in [5, 5.41) is 16.3. The number of carbonyl (C=O) groups excluding carboxylic acids is 1. The molecule has 7 heteroatoms. The molecule has 1 aliphatic rings. The highest BCUT2D eigenvalue weighted by Gasteiger charge is 2.32. The number of rotatable bonds is 1. The second-order valence-corrected chi connectivity index (χ2v) is 2.55. The second-order valence-electron chi connectivity index (χ2n) is 2.55. The summed E-state index contributed by atoms with van der Waals surface area (Å²) in [6.07, 6.45) is -0.0953. The van der Waals surface area contributed by atoms with Gasteiger partial charge in [0.2, 0.25) is 0 Å². The molecule has 0 spiro atoms. The van der Waals surface area contributed by atoms with Crippen LogP contribution in [0.25, 0.3) is 0 Å². The minimum atomic E-state index is -0.915. The lowest BCUT2D eigenvalue weighted by atomic mass is 10.1. The zero-order chi connectivity index (χ0) is 9.14. The average molecular weight is 173 g/mol. The smallest absolute Gasteiger partial charge is 0.265 e. The maximum absolute atomic E-state index is 11.2. The summed E-state index contributed by atoms with van der Waals surface area (Å²) in [4.78, 5) is 11.2. The van der Waals surface area contributed by atoms with Crippen LogP contribution in [-0.4, -0.2) is 28.3 Å². The number of piperidine rings is 1. The molecule has 0 aromatic heterocycles. The Morgan fingerprint density at radius 3 is 2.83 bits per heavy atom. The molecule has 1 saturated heterocycles. The van der Waals surface area contributed by atoms with E-state index >= 15 is 0 Å². The number of aliphatic hydroxyl groups excluding tert-OH is 1. The van der Waals surface area contributed by atoms with Gasteiger partial charge in [-0.25, -0.2) is 5.84 Å². The van der Waals surface area contributed by atoms with E-state index in [1.807, 2.05) is 0 Å². The van der Waals surface area contributed by atoms with Gasteiger partial charge in [0.1, 0.15) is 6.23 Å². The molecule has 0 aliphatic carbocycles. The monoisotopic (exact) mass is 173 g/mol. The Kier molecular flexibility index (Phi) is 2.56. The molecule has 68 valence electrons. The van der Waals surface area contributed by atoms with Gasteiger partial charge in [-0.3, -0.25) is 9.80 Å². The molecule has 1 aliphatic heterocycles. The molecule has 0 bridgehead atoms. The molecule has 1 rings (SSSR count). The first-order valence-electron chi connectivity index (χ1n) is 3.52. The lowest BCUT2D eigenvalue weighted by molar-refractivity contribution is -0.149. The highest BCUT2D eigenvalue weighted by atomic mass is 16.3. The Balaban J connectivity index is 2.65. The van der Waals surface area contributed by atoms with Gasteiger partial charge in [-0.2, -0.15) is 5.11 Å². The first kappa shape index (κ1) is 8.88. The Bertz CT molecular complexity index is 206. The number of nitrogens with zero attached hydrogens (tertiary/aromatic N) is 3. The van der Waals surface area contributed by atoms with Crippen LogP contribution in [0, 0.1) is 0 Å². The van der Waals surface area contributed by atoms with Gasteiger partial charge in [0.25, 0.3) is 5.91 Å². The fourth-order valence-electron chi connectivity index (χ4n) is 1.08. The number of aliphatic hydroxyl groups is 1. The third-order valence-electron chi connectivity index (χ3n) is 1.76. The summed E-state index contributed by atoms with van der Waals surface area (Å²) in [6.45, 7) is 0. The van der Waals surface area contributed by atoms with Crippen molar-refractivity contribution in [2.75, 3.05) is 0 Å². The highest BCUT2D eigenvalue weighted by Crippen LogP contribution is 2.16. The van der Waals surface area contributed by atoms with Crippen molar-refractivity contribution in [1.29, 1.82) is 0 Å². The summed E-state index contributed by atoms with van der Waals surface area (Å²) < 4.78 is 0. The van der Waals surface area contributed by atoms with Gasteiger partial charge in [-0.15, -0.1) is 0 Å². The normalized spacial score (nSPS) is 31.5. The van der Waals surface area contributed by atoms with Gasteiger partial charge < -0.3 is 10.9 Å². The Morgan fingerprint density at radius 2 is 2.25 bits per heavy atom. The molecule has 1 fully saturated rings. The van der Waals surface area contributed by atoms with E-state index in [0.717, 1.165) is 5.01 Å². The molecule has 1 heterocycles. The molecule has 0 aromatic carbocycles.